The van der Waals surface area contributed by atoms with Crippen molar-refractivity contribution in [3.05, 3.63) is 0 Å². The van der Waals surface area contributed by atoms with Gasteiger partial charge >= 0.3 is 0 Å². The van der Waals surface area contributed by atoms with Crippen molar-refractivity contribution in [2.24, 2.45) is 5.92 Å². The molecule has 2 heteroatoms. The lowest BCUT2D eigenvalue weighted by Crippen LogP contribution is -2.14. The van der Waals surface area contributed by atoms with E-state index in [-0.39, 0.29) is 6.10 Å². The number of hydrogen-bond donors (Lipinski definition) is 1. The second kappa shape index (κ2) is 6.62. The molecule has 0 saturated heterocycles. The summed E-state index contributed by atoms with van der Waals surface area (Å²) in [4.78, 5) is 0. The molecule has 0 spiro atoms. The Hall–Kier alpha value is -0.0800. The maximum atomic E-state index is 8.87. The zero-order valence-corrected chi connectivity index (χ0v) is 7.84. The van der Waals surface area contributed by atoms with Crippen molar-refractivity contribution >= 4 is 0 Å². The zero-order chi connectivity index (χ0) is 8.69. The number of aliphatic hydroxyl groups is 1. The first-order valence-electron chi connectivity index (χ1n) is 4.42. The highest BCUT2D eigenvalue weighted by Gasteiger charge is 2.01. The van der Waals surface area contributed by atoms with E-state index in [1.165, 1.54) is 12.8 Å². The summed E-state index contributed by atoms with van der Waals surface area (Å²) in [5, 5.41) is 8.87. The smallest absolute Gasteiger partial charge is 0.0745 e. The number of rotatable bonds is 6. The van der Waals surface area contributed by atoms with Crippen LogP contribution >= 0.6 is 0 Å². The Morgan fingerprint density at radius 3 is 2.36 bits per heavy atom. The minimum atomic E-state index is -0.330. The predicted octanol–water partition coefficient (Wildman–Crippen LogP) is 1.82. The molecule has 0 rings (SSSR count). The average molecular weight is 160 g/mol. The first-order chi connectivity index (χ1) is 5.16. The van der Waals surface area contributed by atoms with Crippen LogP contribution in [0.15, 0.2) is 0 Å². The Morgan fingerprint density at radius 2 is 1.91 bits per heavy atom. The molecule has 2 atom stereocenters. The topological polar surface area (TPSA) is 29.5 Å². The molecule has 68 valence electrons. The van der Waals surface area contributed by atoms with Crippen molar-refractivity contribution in [3.8, 4) is 0 Å². The summed E-state index contributed by atoms with van der Waals surface area (Å²) in [6.45, 7) is 7.33. The van der Waals surface area contributed by atoms with Gasteiger partial charge in [0.15, 0.2) is 0 Å². The van der Waals surface area contributed by atoms with Crippen LogP contribution < -0.4 is 0 Å². The van der Waals surface area contributed by atoms with Crippen LogP contribution in [-0.2, 0) is 4.74 Å². The number of aliphatic hydroxyl groups excluding tert-OH is 1. The highest BCUT2D eigenvalue weighted by molar-refractivity contribution is 4.50. The van der Waals surface area contributed by atoms with E-state index in [0.29, 0.717) is 12.5 Å². The third-order valence-electron chi connectivity index (χ3n) is 1.54. The van der Waals surface area contributed by atoms with Crippen molar-refractivity contribution in [2.75, 3.05) is 13.2 Å². The van der Waals surface area contributed by atoms with Crippen LogP contribution in [0.5, 0.6) is 0 Å². The summed E-state index contributed by atoms with van der Waals surface area (Å²) in [7, 11) is 0. The molecule has 2 nitrogen and oxygen atoms in total. The maximum absolute atomic E-state index is 8.87. The Kier molecular flexibility index (Phi) is 6.57. The lowest BCUT2D eigenvalue weighted by Gasteiger charge is -2.11. The van der Waals surface area contributed by atoms with Gasteiger partial charge in [0.2, 0.25) is 0 Å². The van der Waals surface area contributed by atoms with E-state index in [0.717, 1.165) is 6.61 Å². The van der Waals surface area contributed by atoms with Gasteiger partial charge in [0.1, 0.15) is 0 Å². The summed E-state index contributed by atoms with van der Waals surface area (Å²) in [6, 6.07) is 0. The molecule has 1 N–H and O–H groups in total. The van der Waals surface area contributed by atoms with Crippen molar-refractivity contribution in [2.45, 2.75) is 39.7 Å². The Morgan fingerprint density at radius 1 is 1.27 bits per heavy atom. The Labute approximate surface area is 69.6 Å². The van der Waals surface area contributed by atoms with Crippen LogP contribution in [0.3, 0.4) is 0 Å². The van der Waals surface area contributed by atoms with Gasteiger partial charge in [-0.2, -0.15) is 0 Å². The summed E-state index contributed by atoms with van der Waals surface area (Å²) >= 11 is 0. The second-order valence-electron chi connectivity index (χ2n) is 3.28. The van der Waals surface area contributed by atoms with E-state index in [2.05, 4.69) is 13.8 Å². The van der Waals surface area contributed by atoms with Gasteiger partial charge in [-0.1, -0.05) is 20.3 Å². The van der Waals surface area contributed by atoms with Gasteiger partial charge in [0, 0.05) is 6.61 Å². The number of ether oxygens (including phenoxy) is 1. The van der Waals surface area contributed by atoms with Gasteiger partial charge in [-0.25, -0.2) is 0 Å². The van der Waals surface area contributed by atoms with Crippen LogP contribution in [-0.4, -0.2) is 24.4 Å². The quantitative estimate of drug-likeness (QED) is 0.642. The SMILES string of the molecule is CCCC(C)COCC(C)O. The largest absolute Gasteiger partial charge is 0.391 e. The fourth-order valence-corrected chi connectivity index (χ4v) is 1.02. The summed E-state index contributed by atoms with van der Waals surface area (Å²) in [5.74, 6) is 0.624. The van der Waals surface area contributed by atoms with Gasteiger partial charge in [-0.15, -0.1) is 0 Å². The molecule has 0 aromatic rings. The van der Waals surface area contributed by atoms with E-state index in [1.54, 1.807) is 6.92 Å². The molecule has 0 radical (unpaired) electrons. The van der Waals surface area contributed by atoms with Crippen molar-refractivity contribution in [3.63, 3.8) is 0 Å². The molecule has 0 saturated carbocycles. The molecule has 11 heavy (non-hydrogen) atoms. The fraction of sp³-hybridized carbons (Fsp3) is 1.00. The minimum absolute atomic E-state index is 0.330. The van der Waals surface area contributed by atoms with Crippen LogP contribution in [0, 0.1) is 5.92 Å². The van der Waals surface area contributed by atoms with Gasteiger partial charge in [-0.05, 0) is 19.3 Å². The molecular weight excluding hydrogens is 140 g/mol. The molecule has 0 amide bonds. The predicted molar refractivity (Wildman–Crippen MR) is 46.6 cm³/mol. The molecular formula is C9H20O2. The molecule has 0 bridgehead atoms. The van der Waals surface area contributed by atoms with E-state index < -0.39 is 0 Å². The third-order valence-corrected chi connectivity index (χ3v) is 1.54. The first-order valence-corrected chi connectivity index (χ1v) is 4.42. The van der Waals surface area contributed by atoms with Gasteiger partial charge in [0.05, 0.1) is 12.7 Å². The van der Waals surface area contributed by atoms with E-state index in [9.17, 15) is 0 Å². The van der Waals surface area contributed by atoms with E-state index >= 15 is 0 Å². The van der Waals surface area contributed by atoms with Gasteiger partial charge in [-0.3, -0.25) is 0 Å². The van der Waals surface area contributed by atoms with Gasteiger partial charge < -0.3 is 9.84 Å². The molecule has 0 aromatic heterocycles. The lowest BCUT2D eigenvalue weighted by atomic mass is 10.1. The standard InChI is InChI=1S/C9H20O2/c1-4-5-8(2)6-11-7-9(3)10/h8-10H,4-7H2,1-3H3. The maximum Gasteiger partial charge on any atom is 0.0745 e. The van der Waals surface area contributed by atoms with Crippen LogP contribution in [0.1, 0.15) is 33.6 Å². The Bertz CT molecular complexity index is 81.6. The highest BCUT2D eigenvalue weighted by Crippen LogP contribution is 2.04. The molecule has 0 fully saturated rings. The monoisotopic (exact) mass is 160 g/mol. The van der Waals surface area contributed by atoms with Crippen LogP contribution in [0.4, 0.5) is 0 Å². The Balaban J connectivity index is 3.10. The average Bonchev–Trinajstić information content (AvgIpc) is 1.87. The van der Waals surface area contributed by atoms with E-state index in [1.807, 2.05) is 0 Å². The number of hydrogen-bond acceptors (Lipinski definition) is 2. The van der Waals surface area contributed by atoms with Crippen molar-refractivity contribution in [1.82, 2.24) is 0 Å². The zero-order valence-electron chi connectivity index (χ0n) is 7.84. The second-order valence-corrected chi connectivity index (χ2v) is 3.28. The van der Waals surface area contributed by atoms with E-state index in [4.69, 9.17) is 9.84 Å². The molecule has 0 aliphatic rings. The first kappa shape index (κ1) is 10.9. The minimum Gasteiger partial charge on any atom is -0.391 e. The van der Waals surface area contributed by atoms with Crippen molar-refractivity contribution < 1.29 is 9.84 Å². The molecule has 0 aliphatic heterocycles. The van der Waals surface area contributed by atoms with Crippen LogP contribution in [0.25, 0.3) is 0 Å². The fourth-order valence-electron chi connectivity index (χ4n) is 1.02. The normalized spacial score (nSPS) is 16.4. The summed E-state index contributed by atoms with van der Waals surface area (Å²) in [5.41, 5.74) is 0. The molecule has 0 aromatic carbocycles. The summed E-state index contributed by atoms with van der Waals surface area (Å²) < 4.78 is 5.26. The molecule has 0 heterocycles. The van der Waals surface area contributed by atoms with Crippen LogP contribution in [0.2, 0.25) is 0 Å². The molecule has 0 aliphatic carbocycles. The lowest BCUT2D eigenvalue weighted by molar-refractivity contribution is 0.0306. The van der Waals surface area contributed by atoms with Crippen molar-refractivity contribution in [1.29, 1.82) is 0 Å². The summed E-state index contributed by atoms with van der Waals surface area (Å²) in [6.07, 6.45) is 2.09. The molecule has 2 unspecified atom stereocenters. The third kappa shape index (κ3) is 7.82. The van der Waals surface area contributed by atoms with Gasteiger partial charge in [0.25, 0.3) is 0 Å². The highest BCUT2D eigenvalue weighted by atomic mass is 16.5.